The normalized spacial score (nSPS) is 11.0. The van der Waals surface area contributed by atoms with Crippen molar-refractivity contribution in [1.82, 2.24) is 14.4 Å². The van der Waals surface area contributed by atoms with E-state index in [9.17, 15) is 4.79 Å². The van der Waals surface area contributed by atoms with Crippen LogP contribution in [0.4, 0.5) is 10.5 Å². The van der Waals surface area contributed by atoms with Crippen molar-refractivity contribution in [3.05, 3.63) is 60.8 Å². The summed E-state index contributed by atoms with van der Waals surface area (Å²) >= 11 is 0. The van der Waals surface area contributed by atoms with Gasteiger partial charge in [0.05, 0.1) is 16.7 Å². The zero-order valence-corrected chi connectivity index (χ0v) is 12.0. The average Bonchev–Trinajstić information content (AvgIpc) is 2.93. The summed E-state index contributed by atoms with van der Waals surface area (Å²) in [5, 5.41) is 11.1. The zero-order chi connectivity index (χ0) is 15.8. The molecule has 4 aromatic rings. The van der Waals surface area contributed by atoms with Crippen LogP contribution in [0.15, 0.2) is 60.8 Å². The van der Waals surface area contributed by atoms with Crippen molar-refractivity contribution >= 4 is 28.6 Å². The van der Waals surface area contributed by atoms with Crippen LogP contribution < -0.4 is 5.32 Å². The first-order valence-electron chi connectivity index (χ1n) is 7.05. The minimum Gasteiger partial charge on any atom is -0.465 e. The summed E-state index contributed by atoms with van der Waals surface area (Å²) in [6, 6.07) is 17.0. The highest BCUT2D eigenvalue weighted by Crippen LogP contribution is 2.25. The first-order chi connectivity index (χ1) is 11.2. The fourth-order valence-electron chi connectivity index (χ4n) is 2.66. The number of anilines is 1. The van der Waals surface area contributed by atoms with Crippen LogP contribution >= 0.6 is 0 Å². The van der Waals surface area contributed by atoms with E-state index in [1.165, 1.54) is 0 Å². The minimum absolute atomic E-state index is 0.530. The van der Waals surface area contributed by atoms with E-state index in [-0.39, 0.29) is 0 Å². The number of fused-ring (bicyclic) bond motifs is 3. The van der Waals surface area contributed by atoms with E-state index in [0.717, 1.165) is 22.3 Å². The standard InChI is InChI=1S/C17H12N4O2/c22-17(23)19-12-7-5-11(6-8-12)14-9-10-18-16-20-13-3-1-2-4-15(13)21(14)16/h1-10,19H,(H,22,23). The topological polar surface area (TPSA) is 79.5 Å². The third-order valence-electron chi connectivity index (χ3n) is 3.64. The monoisotopic (exact) mass is 304 g/mol. The van der Waals surface area contributed by atoms with Gasteiger partial charge in [-0.2, -0.15) is 0 Å². The molecule has 4 rings (SSSR count). The van der Waals surface area contributed by atoms with Gasteiger partial charge in [0.15, 0.2) is 0 Å². The molecule has 0 atom stereocenters. The molecule has 0 aliphatic heterocycles. The fraction of sp³-hybridized carbons (Fsp3) is 0. The van der Waals surface area contributed by atoms with Gasteiger partial charge in [-0.05, 0) is 35.9 Å². The number of benzene rings is 2. The highest BCUT2D eigenvalue weighted by atomic mass is 16.4. The Bertz CT molecular complexity index is 1020. The molecule has 0 saturated carbocycles. The molecule has 0 aliphatic rings. The largest absolute Gasteiger partial charge is 0.465 e. The molecule has 2 N–H and O–H groups in total. The Morgan fingerprint density at radius 2 is 1.83 bits per heavy atom. The van der Waals surface area contributed by atoms with Crippen LogP contribution in [-0.2, 0) is 0 Å². The van der Waals surface area contributed by atoms with E-state index in [0.29, 0.717) is 11.5 Å². The maximum absolute atomic E-state index is 10.7. The number of amides is 1. The molecule has 112 valence electrons. The molecule has 0 fully saturated rings. The zero-order valence-electron chi connectivity index (χ0n) is 12.0. The van der Waals surface area contributed by atoms with Crippen LogP contribution in [0.1, 0.15) is 0 Å². The Morgan fingerprint density at radius 1 is 1.04 bits per heavy atom. The molecule has 0 radical (unpaired) electrons. The first kappa shape index (κ1) is 13.3. The number of hydrogen-bond acceptors (Lipinski definition) is 3. The van der Waals surface area contributed by atoms with E-state index in [1.807, 2.05) is 46.9 Å². The van der Waals surface area contributed by atoms with Crippen LogP contribution in [0, 0.1) is 0 Å². The number of aromatic nitrogens is 3. The van der Waals surface area contributed by atoms with Crippen molar-refractivity contribution in [2.75, 3.05) is 5.32 Å². The first-order valence-corrected chi connectivity index (χ1v) is 7.05. The lowest BCUT2D eigenvalue weighted by Crippen LogP contribution is -2.06. The van der Waals surface area contributed by atoms with Gasteiger partial charge >= 0.3 is 6.09 Å². The smallest absolute Gasteiger partial charge is 0.409 e. The molecule has 6 nitrogen and oxygen atoms in total. The molecule has 0 unspecified atom stereocenters. The maximum atomic E-state index is 10.7. The summed E-state index contributed by atoms with van der Waals surface area (Å²) in [6.07, 6.45) is 0.643. The lowest BCUT2D eigenvalue weighted by atomic mass is 10.1. The van der Waals surface area contributed by atoms with Gasteiger partial charge in [0.2, 0.25) is 5.78 Å². The van der Waals surface area contributed by atoms with E-state index < -0.39 is 6.09 Å². The number of imidazole rings is 1. The predicted molar refractivity (Wildman–Crippen MR) is 87.6 cm³/mol. The van der Waals surface area contributed by atoms with E-state index in [4.69, 9.17) is 5.11 Å². The summed E-state index contributed by atoms with van der Waals surface area (Å²) in [5.74, 6) is 0.636. The number of carboxylic acid groups (broad SMARTS) is 1. The molecule has 0 aliphatic carbocycles. The SMILES string of the molecule is O=C(O)Nc1ccc(-c2ccnc3nc4ccccc4n23)cc1. The second-order valence-corrected chi connectivity index (χ2v) is 5.07. The highest BCUT2D eigenvalue weighted by Gasteiger charge is 2.10. The summed E-state index contributed by atoms with van der Waals surface area (Å²) in [4.78, 5) is 19.5. The molecule has 2 heterocycles. The van der Waals surface area contributed by atoms with Crippen molar-refractivity contribution < 1.29 is 9.90 Å². The highest BCUT2D eigenvalue weighted by molar-refractivity contribution is 5.84. The second-order valence-electron chi connectivity index (χ2n) is 5.07. The van der Waals surface area contributed by atoms with Gasteiger partial charge in [-0.25, -0.2) is 14.8 Å². The number of nitrogens with zero attached hydrogens (tertiary/aromatic N) is 3. The fourth-order valence-corrected chi connectivity index (χ4v) is 2.66. The molecule has 2 aromatic heterocycles. The Kier molecular flexibility index (Phi) is 2.94. The van der Waals surface area contributed by atoms with E-state index >= 15 is 0 Å². The molecular weight excluding hydrogens is 292 g/mol. The number of rotatable bonds is 2. The van der Waals surface area contributed by atoms with Gasteiger partial charge in [0.1, 0.15) is 0 Å². The van der Waals surface area contributed by atoms with Crippen molar-refractivity contribution in [1.29, 1.82) is 0 Å². The second kappa shape index (κ2) is 5.10. The molecule has 0 spiro atoms. The molecule has 23 heavy (non-hydrogen) atoms. The number of carbonyl (C=O) groups is 1. The van der Waals surface area contributed by atoms with Crippen LogP contribution in [0.3, 0.4) is 0 Å². The molecule has 2 aromatic carbocycles. The molecule has 0 saturated heterocycles. The number of nitrogens with one attached hydrogen (secondary N) is 1. The predicted octanol–water partition coefficient (Wildman–Crippen LogP) is 3.64. The van der Waals surface area contributed by atoms with Gasteiger partial charge in [-0.1, -0.05) is 24.3 Å². The van der Waals surface area contributed by atoms with Gasteiger partial charge in [0.25, 0.3) is 0 Å². The molecule has 0 bridgehead atoms. The van der Waals surface area contributed by atoms with Crippen LogP contribution in [0.25, 0.3) is 28.1 Å². The third kappa shape index (κ3) is 2.26. The maximum Gasteiger partial charge on any atom is 0.409 e. The number of para-hydroxylation sites is 2. The van der Waals surface area contributed by atoms with Crippen LogP contribution in [0.2, 0.25) is 0 Å². The van der Waals surface area contributed by atoms with Gasteiger partial charge < -0.3 is 5.11 Å². The van der Waals surface area contributed by atoms with Gasteiger partial charge in [0, 0.05) is 11.9 Å². The van der Waals surface area contributed by atoms with Crippen LogP contribution in [0.5, 0.6) is 0 Å². The van der Waals surface area contributed by atoms with Crippen molar-refractivity contribution in [2.45, 2.75) is 0 Å². The molecular formula is C17H12N4O2. The minimum atomic E-state index is -1.08. The van der Waals surface area contributed by atoms with Crippen LogP contribution in [-0.4, -0.2) is 25.6 Å². The summed E-state index contributed by atoms with van der Waals surface area (Å²) in [7, 11) is 0. The van der Waals surface area contributed by atoms with Gasteiger partial charge in [-0.15, -0.1) is 0 Å². The third-order valence-corrected chi connectivity index (χ3v) is 3.64. The number of hydrogen-bond donors (Lipinski definition) is 2. The lowest BCUT2D eigenvalue weighted by molar-refractivity contribution is 0.210. The van der Waals surface area contributed by atoms with Crippen molar-refractivity contribution in [3.63, 3.8) is 0 Å². The molecule has 6 heteroatoms. The Hall–Kier alpha value is -3.41. The Labute approximate surface area is 131 Å². The summed E-state index contributed by atoms with van der Waals surface area (Å²) < 4.78 is 2.00. The van der Waals surface area contributed by atoms with Gasteiger partial charge in [-0.3, -0.25) is 9.72 Å². The van der Waals surface area contributed by atoms with E-state index in [2.05, 4.69) is 15.3 Å². The Balaban J connectivity index is 1.90. The molecule has 1 amide bonds. The Morgan fingerprint density at radius 3 is 2.61 bits per heavy atom. The van der Waals surface area contributed by atoms with Crippen molar-refractivity contribution in [2.24, 2.45) is 0 Å². The lowest BCUT2D eigenvalue weighted by Gasteiger charge is -2.07. The summed E-state index contributed by atoms with van der Waals surface area (Å²) in [6.45, 7) is 0. The van der Waals surface area contributed by atoms with Crippen molar-refractivity contribution in [3.8, 4) is 11.3 Å². The summed E-state index contributed by atoms with van der Waals surface area (Å²) in [5.41, 5.74) is 4.30. The van der Waals surface area contributed by atoms with E-state index in [1.54, 1.807) is 18.3 Å². The average molecular weight is 304 g/mol. The quantitative estimate of drug-likeness (QED) is 0.592.